The highest BCUT2D eigenvalue weighted by molar-refractivity contribution is 14.1. The molecule has 0 radical (unpaired) electrons. The maximum atomic E-state index is 6.10. The van der Waals surface area contributed by atoms with E-state index in [0.29, 0.717) is 22.6 Å². The van der Waals surface area contributed by atoms with Crippen LogP contribution in [0.4, 0.5) is 5.82 Å². The van der Waals surface area contributed by atoms with Gasteiger partial charge in [0.25, 0.3) is 0 Å². The third kappa shape index (κ3) is 3.20. The first-order chi connectivity index (χ1) is 8.90. The van der Waals surface area contributed by atoms with Crippen molar-refractivity contribution in [3.8, 4) is 11.4 Å². The molecule has 0 unspecified atom stereocenters. The zero-order valence-corrected chi connectivity index (χ0v) is 14.9. The lowest BCUT2D eigenvalue weighted by Gasteiger charge is -2.12. The molecule has 0 spiro atoms. The van der Waals surface area contributed by atoms with E-state index < -0.39 is 0 Å². The Morgan fingerprint density at radius 1 is 1.32 bits per heavy atom. The molecule has 0 aliphatic carbocycles. The molecule has 19 heavy (non-hydrogen) atoms. The van der Waals surface area contributed by atoms with E-state index in [4.69, 9.17) is 17.3 Å². The van der Waals surface area contributed by atoms with Crippen LogP contribution in [0.1, 0.15) is 25.5 Å². The fourth-order valence-corrected chi connectivity index (χ4v) is 2.92. The van der Waals surface area contributed by atoms with Gasteiger partial charge in [0.1, 0.15) is 5.82 Å². The topological polar surface area (TPSA) is 51.8 Å². The van der Waals surface area contributed by atoms with Crippen molar-refractivity contribution in [3.63, 3.8) is 0 Å². The molecule has 0 atom stereocenters. The summed E-state index contributed by atoms with van der Waals surface area (Å²) in [5, 5.41) is 0.629. The van der Waals surface area contributed by atoms with Gasteiger partial charge in [0.15, 0.2) is 5.82 Å². The van der Waals surface area contributed by atoms with Crippen molar-refractivity contribution < 1.29 is 0 Å². The fraction of sp³-hybridized carbons (Fsp3) is 0.231. The van der Waals surface area contributed by atoms with E-state index in [2.05, 4.69) is 62.3 Å². The monoisotopic (exact) mass is 451 g/mol. The lowest BCUT2D eigenvalue weighted by Crippen LogP contribution is -2.06. The van der Waals surface area contributed by atoms with Crippen LogP contribution in [0.25, 0.3) is 11.4 Å². The Bertz CT molecular complexity index is 632. The molecular weight excluding hydrogens is 440 g/mol. The molecule has 2 aromatic rings. The van der Waals surface area contributed by atoms with Crippen molar-refractivity contribution in [1.29, 1.82) is 0 Å². The number of nitrogens with two attached hydrogens (primary N) is 1. The SMILES string of the molecule is CC(C)c1nc(-c2ccc(Br)c(Cl)c2)nc(N)c1I. The van der Waals surface area contributed by atoms with Gasteiger partial charge in [-0.15, -0.1) is 0 Å². The van der Waals surface area contributed by atoms with Crippen molar-refractivity contribution in [2.24, 2.45) is 0 Å². The average Bonchev–Trinajstić information content (AvgIpc) is 2.35. The zero-order chi connectivity index (χ0) is 14.2. The standard InChI is InChI=1S/C13H12BrClIN3/c1-6(2)11-10(16)12(17)19-13(18-11)7-3-4-8(14)9(15)5-7/h3-6H,1-2H3,(H2,17,18,19). The van der Waals surface area contributed by atoms with E-state index in [-0.39, 0.29) is 0 Å². The highest BCUT2D eigenvalue weighted by atomic mass is 127. The summed E-state index contributed by atoms with van der Waals surface area (Å²) in [7, 11) is 0. The molecule has 1 aromatic carbocycles. The second-order valence-corrected chi connectivity index (χ2v) is 6.76. The van der Waals surface area contributed by atoms with Crippen LogP contribution < -0.4 is 5.73 Å². The highest BCUT2D eigenvalue weighted by Crippen LogP contribution is 2.30. The summed E-state index contributed by atoms with van der Waals surface area (Å²) in [5.41, 5.74) is 7.78. The van der Waals surface area contributed by atoms with E-state index in [0.717, 1.165) is 19.3 Å². The van der Waals surface area contributed by atoms with Gasteiger partial charge in [0.05, 0.1) is 14.3 Å². The Balaban J connectivity index is 2.59. The number of nitrogen functional groups attached to an aromatic ring is 1. The van der Waals surface area contributed by atoms with Crippen LogP contribution in [0.5, 0.6) is 0 Å². The summed E-state index contributed by atoms with van der Waals surface area (Å²) in [4.78, 5) is 8.94. The Hall–Kier alpha value is -0.400. The highest BCUT2D eigenvalue weighted by Gasteiger charge is 2.14. The largest absolute Gasteiger partial charge is 0.383 e. The second kappa shape index (κ2) is 5.93. The second-order valence-electron chi connectivity index (χ2n) is 4.42. The van der Waals surface area contributed by atoms with E-state index in [1.54, 1.807) is 0 Å². The van der Waals surface area contributed by atoms with Crippen LogP contribution in [0, 0.1) is 3.57 Å². The summed E-state index contributed by atoms with van der Waals surface area (Å²) in [5.74, 6) is 1.41. The van der Waals surface area contributed by atoms with E-state index in [1.165, 1.54) is 0 Å². The van der Waals surface area contributed by atoms with E-state index >= 15 is 0 Å². The Morgan fingerprint density at radius 3 is 2.58 bits per heavy atom. The van der Waals surface area contributed by atoms with Gasteiger partial charge in [-0.25, -0.2) is 9.97 Å². The Labute approximate surface area is 139 Å². The first-order valence-electron chi connectivity index (χ1n) is 5.68. The number of hydrogen-bond acceptors (Lipinski definition) is 3. The summed E-state index contributed by atoms with van der Waals surface area (Å²) in [6, 6.07) is 5.63. The minimum absolute atomic E-state index is 0.293. The molecule has 3 nitrogen and oxygen atoms in total. The minimum Gasteiger partial charge on any atom is -0.383 e. The van der Waals surface area contributed by atoms with E-state index in [9.17, 15) is 0 Å². The molecule has 1 aromatic heterocycles. The molecule has 0 amide bonds. The van der Waals surface area contributed by atoms with Crippen molar-refractivity contribution in [2.45, 2.75) is 19.8 Å². The predicted molar refractivity (Wildman–Crippen MR) is 91.4 cm³/mol. The molecular formula is C13H12BrClIN3. The summed E-state index contributed by atoms with van der Waals surface area (Å²) in [6.45, 7) is 4.17. The molecule has 6 heteroatoms. The number of nitrogens with zero attached hydrogens (tertiary/aromatic N) is 2. The zero-order valence-electron chi connectivity index (χ0n) is 10.4. The first-order valence-corrected chi connectivity index (χ1v) is 7.93. The molecule has 1 heterocycles. The number of rotatable bonds is 2. The lowest BCUT2D eigenvalue weighted by atomic mass is 10.1. The predicted octanol–water partition coefficient (Wildman–Crippen LogP) is 4.87. The van der Waals surface area contributed by atoms with Gasteiger partial charge >= 0.3 is 0 Å². The van der Waals surface area contributed by atoms with Crippen LogP contribution >= 0.6 is 50.1 Å². The van der Waals surface area contributed by atoms with Gasteiger partial charge in [-0.3, -0.25) is 0 Å². The van der Waals surface area contributed by atoms with E-state index in [1.807, 2.05) is 18.2 Å². The fourth-order valence-electron chi connectivity index (χ4n) is 1.63. The van der Waals surface area contributed by atoms with Crippen molar-refractivity contribution >= 4 is 55.9 Å². The molecule has 100 valence electrons. The molecule has 0 bridgehead atoms. The van der Waals surface area contributed by atoms with Crippen molar-refractivity contribution in [2.75, 3.05) is 5.73 Å². The molecule has 0 saturated heterocycles. The summed E-state index contributed by atoms with van der Waals surface area (Å²) in [6.07, 6.45) is 0. The maximum absolute atomic E-state index is 6.10. The number of anilines is 1. The maximum Gasteiger partial charge on any atom is 0.161 e. The molecule has 2 N–H and O–H groups in total. The first kappa shape index (κ1) is 15.0. The number of aromatic nitrogens is 2. The van der Waals surface area contributed by atoms with Crippen LogP contribution in [0.3, 0.4) is 0 Å². The van der Waals surface area contributed by atoms with Gasteiger partial charge in [0.2, 0.25) is 0 Å². The van der Waals surface area contributed by atoms with Gasteiger partial charge in [-0.1, -0.05) is 25.4 Å². The van der Waals surface area contributed by atoms with Gasteiger partial charge in [-0.2, -0.15) is 0 Å². The lowest BCUT2D eigenvalue weighted by molar-refractivity contribution is 0.810. The molecule has 2 rings (SSSR count). The molecule has 0 aliphatic heterocycles. The number of hydrogen-bond donors (Lipinski definition) is 1. The van der Waals surface area contributed by atoms with Gasteiger partial charge in [-0.05, 0) is 62.6 Å². The van der Waals surface area contributed by atoms with Crippen molar-refractivity contribution in [1.82, 2.24) is 9.97 Å². The minimum atomic E-state index is 0.293. The summed E-state index contributed by atoms with van der Waals surface area (Å²) < 4.78 is 1.76. The molecule has 0 saturated carbocycles. The van der Waals surface area contributed by atoms with Gasteiger partial charge in [0, 0.05) is 10.0 Å². The normalized spacial score (nSPS) is 11.1. The van der Waals surface area contributed by atoms with Gasteiger partial charge < -0.3 is 5.73 Å². The Kier molecular flexibility index (Phi) is 4.68. The number of benzene rings is 1. The third-order valence-electron chi connectivity index (χ3n) is 2.63. The summed E-state index contributed by atoms with van der Waals surface area (Å²) >= 11 is 11.7. The quantitative estimate of drug-likeness (QED) is 0.662. The molecule has 0 fully saturated rings. The molecule has 0 aliphatic rings. The van der Waals surface area contributed by atoms with Crippen LogP contribution in [-0.2, 0) is 0 Å². The average molecular weight is 453 g/mol. The van der Waals surface area contributed by atoms with Crippen molar-refractivity contribution in [3.05, 3.63) is 37.0 Å². The van der Waals surface area contributed by atoms with Crippen LogP contribution in [-0.4, -0.2) is 9.97 Å². The number of halogens is 3. The third-order valence-corrected chi connectivity index (χ3v) is 4.96. The Morgan fingerprint density at radius 2 is 2.00 bits per heavy atom. The van der Waals surface area contributed by atoms with Crippen LogP contribution in [0.15, 0.2) is 22.7 Å². The smallest absolute Gasteiger partial charge is 0.161 e. The van der Waals surface area contributed by atoms with Crippen LogP contribution in [0.2, 0.25) is 5.02 Å².